The molecule has 142 valence electrons. The first kappa shape index (κ1) is 18.6. The fraction of sp³-hybridized carbons (Fsp3) is 0.143. The van der Waals surface area contributed by atoms with Crippen molar-refractivity contribution in [3.8, 4) is 0 Å². The highest BCUT2D eigenvalue weighted by molar-refractivity contribution is 6.37. The van der Waals surface area contributed by atoms with Gasteiger partial charge < -0.3 is 14.6 Å². The molecule has 7 heteroatoms. The number of anilines is 1. The molecule has 2 heterocycles. The molecule has 0 unspecified atom stereocenters. The van der Waals surface area contributed by atoms with Crippen LogP contribution in [0, 0.1) is 0 Å². The van der Waals surface area contributed by atoms with Crippen LogP contribution in [0.4, 0.5) is 5.69 Å². The third-order valence-corrected chi connectivity index (χ3v) is 5.22. The number of nitrogens with one attached hydrogen (secondary N) is 1. The molecule has 2 aromatic carbocycles. The van der Waals surface area contributed by atoms with E-state index in [4.69, 9.17) is 27.6 Å². The number of hydrogen-bond donors (Lipinski definition) is 1. The minimum Gasteiger partial charge on any atom is -0.459 e. The third-order valence-electron chi connectivity index (χ3n) is 4.67. The molecule has 0 aliphatic carbocycles. The minimum absolute atomic E-state index is 0.141. The first-order chi connectivity index (χ1) is 13.5. The van der Waals surface area contributed by atoms with Crippen molar-refractivity contribution < 1.29 is 14.0 Å². The molecule has 1 aromatic heterocycles. The Bertz CT molecular complexity index is 1050. The van der Waals surface area contributed by atoms with Gasteiger partial charge in [-0.15, -0.1) is 0 Å². The van der Waals surface area contributed by atoms with Crippen molar-refractivity contribution in [3.63, 3.8) is 0 Å². The van der Waals surface area contributed by atoms with Crippen LogP contribution in [0.25, 0.3) is 0 Å². The summed E-state index contributed by atoms with van der Waals surface area (Å²) in [7, 11) is 0. The molecule has 2 amide bonds. The van der Waals surface area contributed by atoms with E-state index in [1.54, 1.807) is 29.2 Å². The number of rotatable bonds is 3. The lowest BCUT2D eigenvalue weighted by molar-refractivity contribution is 0.0702. The van der Waals surface area contributed by atoms with E-state index >= 15 is 0 Å². The van der Waals surface area contributed by atoms with Crippen LogP contribution in [0.5, 0.6) is 0 Å². The maximum absolute atomic E-state index is 12.5. The molecule has 0 fully saturated rings. The number of amides is 2. The van der Waals surface area contributed by atoms with E-state index < -0.39 is 0 Å². The van der Waals surface area contributed by atoms with Crippen LogP contribution < -0.4 is 5.32 Å². The molecule has 1 N–H and O–H groups in total. The van der Waals surface area contributed by atoms with Gasteiger partial charge in [0.05, 0.1) is 16.8 Å². The van der Waals surface area contributed by atoms with Crippen molar-refractivity contribution in [1.29, 1.82) is 0 Å². The van der Waals surface area contributed by atoms with Gasteiger partial charge >= 0.3 is 0 Å². The summed E-state index contributed by atoms with van der Waals surface area (Å²) in [6, 6.07) is 13.8. The fourth-order valence-electron chi connectivity index (χ4n) is 3.24. The maximum Gasteiger partial charge on any atom is 0.289 e. The minimum atomic E-state index is -0.319. The molecule has 0 saturated carbocycles. The Balaban J connectivity index is 1.51. The summed E-state index contributed by atoms with van der Waals surface area (Å²) in [5, 5.41) is 3.61. The van der Waals surface area contributed by atoms with Gasteiger partial charge in [0.15, 0.2) is 5.76 Å². The Morgan fingerprint density at radius 3 is 2.64 bits per heavy atom. The molecular weight excluding hydrogens is 399 g/mol. The predicted molar refractivity (Wildman–Crippen MR) is 108 cm³/mol. The second-order valence-electron chi connectivity index (χ2n) is 6.52. The third kappa shape index (κ3) is 3.77. The normalized spacial score (nSPS) is 13.1. The van der Waals surface area contributed by atoms with E-state index in [0.29, 0.717) is 35.1 Å². The smallest absolute Gasteiger partial charge is 0.289 e. The van der Waals surface area contributed by atoms with Gasteiger partial charge in [-0.3, -0.25) is 9.59 Å². The Hall–Kier alpha value is -2.76. The first-order valence-corrected chi connectivity index (χ1v) is 9.48. The SMILES string of the molecule is O=C(Nc1ccc2c(c1)CN(C(=O)c1ccco1)CC2)c1ccc(Cl)cc1Cl. The number of nitrogens with zero attached hydrogens (tertiary/aromatic N) is 1. The molecule has 4 rings (SSSR count). The van der Waals surface area contributed by atoms with Gasteiger partial charge in [0, 0.05) is 23.8 Å². The first-order valence-electron chi connectivity index (χ1n) is 8.72. The molecular formula is C21H16Cl2N2O3. The Morgan fingerprint density at radius 2 is 1.89 bits per heavy atom. The zero-order valence-corrected chi connectivity index (χ0v) is 16.3. The van der Waals surface area contributed by atoms with Crippen LogP contribution in [-0.2, 0) is 13.0 Å². The van der Waals surface area contributed by atoms with E-state index in [-0.39, 0.29) is 16.8 Å². The van der Waals surface area contributed by atoms with Gasteiger partial charge in [-0.05, 0) is 60.0 Å². The van der Waals surface area contributed by atoms with Crippen LogP contribution in [0.3, 0.4) is 0 Å². The molecule has 5 nitrogen and oxygen atoms in total. The second-order valence-corrected chi connectivity index (χ2v) is 7.36. The van der Waals surface area contributed by atoms with Crippen LogP contribution in [0.15, 0.2) is 59.2 Å². The fourth-order valence-corrected chi connectivity index (χ4v) is 3.73. The molecule has 0 spiro atoms. The van der Waals surface area contributed by atoms with Crippen molar-refractivity contribution >= 4 is 40.7 Å². The average molecular weight is 415 g/mol. The summed E-state index contributed by atoms with van der Waals surface area (Å²) in [4.78, 5) is 26.8. The summed E-state index contributed by atoms with van der Waals surface area (Å²) >= 11 is 12.0. The predicted octanol–water partition coefficient (Wildman–Crippen LogP) is 5.04. The zero-order valence-electron chi connectivity index (χ0n) is 14.7. The van der Waals surface area contributed by atoms with E-state index in [9.17, 15) is 9.59 Å². The van der Waals surface area contributed by atoms with Gasteiger partial charge in [-0.25, -0.2) is 0 Å². The highest BCUT2D eigenvalue weighted by atomic mass is 35.5. The number of furan rings is 1. The summed E-state index contributed by atoms with van der Waals surface area (Å²) in [6.45, 7) is 1.08. The van der Waals surface area contributed by atoms with Crippen LogP contribution in [0.1, 0.15) is 32.0 Å². The summed E-state index contributed by atoms with van der Waals surface area (Å²) in [5.74, 6) is -0.135. The van der Waals surface area contributed by atoms with Gasteiger partial charge in [-0.1, -0.05) is 29.3 Å². The number of halogens is 2. The monoisotopic (exact) mass is 414 g/mol. The van der Waals surface area contributed by atoms with Crippen LogP contribution in [0.2, 0.25) is 10.0 Å². The number of carbonyl (C=O) groups excluding carboxylic acids is 2. The Morgan fingerprint density at radius 1 is 1.04 bits per heavy atom. The van der Waals surface area contributed by atoms with Crippen LogP contribution >= 0.6 is 23.2 Å². The van der Waals surface area contributed by atoms with Crippen molar-refractivity contribution in [2.24, 2.45) is 0 Å². The van der Waals surface area contributed by atoms with Gasteiger partial charge in [-0.2, -0.15) is 0 Å². The van der Waals surface area contributed by atoms with Gasteiger partial charge in [0.25, 0.3) is 11.8 Å². The van der Waals surface area contributed by atoms with Gasteiger partial charge in [0.2, 0.25) is 0 Å². The van der Waals surface area contributed by atoms with E-state index in [1.165, 1.54) is 12.3 Å². The lowest BCUT2D eigenvalue weighted by atomic mass is 9.98. The lowest BCUT2D eigenvalue weighted by Gasteiger charge is -2.28. The average Bonchev–Trinajstić information content (AvgIpc) is 3.21. The number of hydrogen-bond acceptors (Lipinski definition) is 3. The van der Waals surface area contributed by atoms with Gasteiger partial charge in [0.1, 0.15) is 0 Å². The molecule has 3 aromatic rings. The molecule has 0 atom stereocenters. The number of carbonyl (C=O) groups is 2. The van der Waals surface area contributed by atoms with Crippen molar-refractivity contribution in [2.45, 2.75) is 13.0 Å². The largest absolute Gasteiger partial charge is 0.459 e. The molecule has 1 aliphatic heterocycles. The number of benzene rings is 2. The summed E-state index contributed by atoms with van der Waals surface area (Å²) in [5.41, 5.74) is 3.14. The topological polar surface area (TPSA) is 62.6 Å². The molecule has 0 radical (unpaired) electrons. The Labute approximate surface area is 171 Å². The second kappa shape index (κ2) is 7.70. The highest BCUT2D eigenvalue weighted by Crippen LogP contribution is 2.26. The highest BCUT2D eigenvalue weighted by Gasteiger charge is 2.24. The lowest BCUT2D eigenvalue weighted by Crippen LogP contribution is -2.35. The summed E-state index contributed by atoms with van der Waals surface area (Å²) < 4.78 is 5.21. The molecule has 28 heavy (non-hydrogen) atoms. The summed E-state index contributed by atoms with van der Waals surface area (Å²) in [6.07, 6.45) is 2.24. The maximum atomic E-state index is 12.5. The molecule has 0 saturated heterocycles. The number of fused-ring (bicyclic) bond motifs is 1. The van der Waals surface area contributed by atoms with Crippen LogP contribution in [-0.4, -0.2) is 23.3 Å². The molecule has 0 bridgehead atoms. The van der Waals surface area contributed by atoms with E-state index in [0.717, 1.165) is 17.5 Å². The van der Waals surface area contributed by atoms with Crippen molar-refractivity contribution in [2.75, 3.05) is 11.9 Å². The Kier molecular flexibility index (Phi) is 5.11. The van der Waals surface area contributed by atoms with E-state index in [1.807, 2.05) is 18.2 Å². The zero-order chi connectivity index (χ0) is 19.7. The quantitative estimate of drug-likeness (QED) is 0.652. The van der Waals surface area contributed by atoms with E-state index in [2.05, 4.69) is 5.32 Å². The molecule has 1 aliphatic rings. The van der Waals surface area contributed by atoms with Crippen molar-refractivity contribution in [1.82, 2.24) is 4.90 Å². The standard InChI is InChI=1S/C21H16Cl2N2O3/c22-15-4-6-17(18(23)11-15)20(26)24-16-5-3-13-7-8-25(12-14(13)10-16)21(27)19-2-1-9-28-19/h1-6,9-11H,7-8,12H2,(H,24,26). The van der Waals surface area contributed by atoms with Crippen molar-refractivity contribution in [3.05, 3.63) is 87.3 Å².